The molecule has 0 atom stereocenters. The molecule has 8 nitrogen and oxygen atoms in total. The maximum atomic E-state index is 12.5. The third kappa shape index (κ3) is 4.37. The summed E-state index contributed by atoms with van der Waals surface area (Å²) >= 11 is 0. The monoisotopic (exact) mass is 442 g/mol. The number of methoxy groups -OCH3 is 1. The number of para-hydroxylation sites is 1. The molecule has 2 aromatic carbocycles. The van der Waals surface area contributed by atoms with E-state index in [1.54, 1.807) is 25.3 Å². The molecular weight excluding hydrogens is 416 g/mol. The van der Waals surface area contributed by atoms with Gasteiger partial charge in [0.25, 0.3) is 5.91 Å². The van der Waals surface area contributed by atoms with Gasteiger partial charge in [0.2, 0.25) is 0 Å². The molecule has 0 bridgehead atoms. The number of benzene rings is 2. The number of ether oxygens (including phenoxy) is 1. The molecule has 0 spiro atoms. The lowest BCUT2D eigenvalue weighted by Crippen LogP contribution is -2.29. The lowest BCUT2D eigenvalue weighted by molar-refractivity contribution is 0.0955. The van der Waals surface area contributed by atoms with E-state index in [4.69, 9.17) is 19.8 Å². The number of nitrogens with one attached hydrogen (secondary N) is 2. The first-order valence-electron chi connectivity index (χ1n) is 11.1. The van der Waals surface area contributed by atoms with Gasteiger partial charge in [0.1, 0.15) is 17.4 Å². The Morgan fingerprint density at radius 1 is 1.09 bits per heavy atom. The summed E-state index contributed by atoms with van der Waals surface area (Å²) in [5, 5.41) is 12.0. The zero-order valence-corrected chi connectivity index (χ0v) is 18.7. The highest BCUT2D eigenvalue weighted by Crippen LogP contribution is 2.40. The van der Waals surface area contributed by atoms with Gasteiger partial charge in [0.05, 0.1) is 23.9 Å². The Kier molecular flexibility index (Phi) is 5.64. The second-order valence-electron chi connectivity index (χ2n) is 8.15. The fourth-order valence-corrected chi connectivity index (χ4v) is 3.82. The predicted molar refractivity (Wildman–Crippen MR) is 127 cm³/mol. The molecule has 1 saturated carbocycles. The summed E-state index contributed by atoms with van der Waals surface area (Å²) in [7, 11) is 1.58. The highest BCUT2D eigenvalue weighted by atomic mass is 16.5. The standard InChI is InChI=1S/C25H26N6O2/c1-16-21-23(26-13-14-27-25(32)18-7-6-10-20(15-18)33-2)28-22(17-11-12-17)29-24(21)31(30-16)19-8-4-3-5-9-19/h3-10,15,17H,11-14H2,1-2H3,(H,27,32)(H,26,28,29). The molecular formula is C25H26N6O2. The average Bonchev–Trinajstić information content (AvgIpc) is 3.65. The van der Waals surface area contributed by atoms with E-state index in [9.17, 15) is 4.79 Å². The Labute approximate surface area is 192 Å². The Hall–Kier alpha value is -3.94. The van der Waals surface area contributed by atoms with E-state index in [-0.39, 0.29) is 5.91 Å². The average molecular weight is 443 g/mol. The maximum Gasteiger partial charge on any atom is 0.251 e. The first-order valence-corrected chi connectivity index (χ1v) is 11.1. The molecule has 2 heterocycles. The lowest BCUT2D eigenvalue weighted by atomic mass is 10.2. The minimum absolute atomic E-state index is 0.143. The van der Waals surface area contributed by atoms with Gasteiger partial charge < -0.3 is 15.4 Å². The van der Waals surface area contributed by atoms with Gasteiger partial charge in [-0.1, -0.05) is 24.3 Å². The van der Waals surface area contributed by atoms with Crippen molar-refractivity contribution in [3.05, 3.63) is 71.7 Å². The molecule has 1 aliphatic rings. The second kappa shape index (κ2) is 8.90. The van der Waals surface area contributed by atoms with Crippen molar-refractivity contribution in [1.29, 1.82) is 0 Å². The SMILES string of the molecule is COc1cccc(C(=O)NCCNc2nc(C3CC3)nc3c2c(C)nn3-c2ccccc2)c1. The van der Waals surface area contributed by atoms with Crippen LogP contribution in [0.15, 0.2) is 54.6 Å². The molecule has 0 radical (unpaired) electrons. The van der Waals surface area contributed by atoms with Crippen molar-refractivity contribution >= 4 is 22.8 Å². The van der Waals surface area contributed by atoms with Crippen molar-refractivity contribution < 1.29 is 9.53 Å². The van der Waals surface area contributed by atoms with Crippen LogP contribution in [-0.2, 0) is 0 Å². The van der Waals surface area contributed by atoms with Crippen LogP contribution in [0.1, 0.15) is 40.6 Å². The molecule has 0 unspecified atom stereocenters. The number of amides is 1. The normalized spacial score (nSPS) is 13.2. The van der Waals surface area contributed by atoms with Gasteiger partial charge in [-0.25, -0.2) is 14.6 Å². The summed E-state index contributed by atoms with van der Waals surface area (Å²) in [5.41, 5.74) is 3.19. The first-order chi connectivity index (χ1) is 16.1. The molecule has 4 aromatic rings. The summed E-state index contributed by atoms with van der Waals surface area (Å²) in [6.45, 7) is 2.95. The number of nitrogens with zero attached hydrogens (tertiary/aromatic N) is 4. The summed E-state index contributed by atoms with van der Waals surface area (Å²) in [5.74, 6) is 2.53. The molecule has 1 amide bonds. The number of fused-ring (bicyclic) bond motifs is 1. The Balaban J connectivity index is 1.35. The van der Waals surface area contributed by atoms with E-state index in [1.807, 2.05) is 48.0 Å². The molecule has 2 aromatic heterocycles. The van der Waals surface area contributed by atoms with E-state index in [1.165, 1.54) is 0 Å². The number of rotatable bonds is 8. The molecule has 2 N–H and O–H groups in total. The largest absolute Gasteiger partial charge is 0.497 e. The molecule has 0 aliphatic heterocycles. The van der Waals surface area contributed by atoms with Crippen molar-refractivity contribution in [3.63, 3.8) is 0 Å². The number of hydrogen-bond acceptors (Lipinski definition) is 6. The predicted octanol–water partition coefficient (Wildman–Crippen LogP) is 3.85. The topological polar surface area (TPSA) is 94.0 Å². The van der Waals surface area contributed by atoms with Crippen molar-refractivity contribution in [2.24, 2.45) is 0 Å². The summed E-state index contributed by atoms with van der Waals surface area (Å²) in [6, 6.07) is 17.1. The summed E-state index contributed by atoms with van der Waals surface area (Å²) < 4.78 is 7.08. The molecule has 5 rings (SSSR count). The maximum absolute atomic E-state index is 12.5. The van der Waals surface area contributed by atoms with Crippen LogP contribution in [0.25, 0.3) is 16.7 Å². The number of aryl methyl sites for hydroxylation is 1. The molecule has 168 valence electrons. The number of hydrogen-bond donors (Lipinski definition) is 2. The highest BCUT2D eigenvalue weighted by Gasteiger charge is 2.29. The molecule has 33 heavy (non-hydrogen) atoms. The van der Waals surface area contributed by atoms with Crippen LogP contribution in [0.3, 0.4) is 0 Å². The van der Waals surface area contributed by atoms with E-state index in [0.717, 1.165) is 46.9 Å². The van der Waals surface area contributed by atoms with Crippen molar-refractivity contribution in [2.75, 3.05) is 25.5 Å². The third-order valence-electron chi connectivity index (χ3n) is 5.70. The minimum Gasteiger partial charge on any atom is -0.497 e. The Morgan fingerprint density at radius 2 is 1.91 bits per heavy atom. The van der Waals surface area contributed by atoms with Crippen molar-refractivity contribution in [2.45, 2.75) is 25.7 Å². The van der Waals surface area contributed by atoms with Gasteiger partial charge in [0.15, 0.2) is 5.65 Å². The zero-order valence-electron chi connectivity index (χ0n) is 18.7. The fraction of sp³-hybridized carbons (Fsp3) is 0.280. The highest BCUT2D eigenvalue weighted by molar-refractivity contribution is 5.94. The van der Waals surface area contributed by atoms with Gasteiger partial charge in [-0.3, -0.25) is 4.79 Å². The zero-order chi connectivity index (χ0) is 22.8. The van der Waals surface area contributed by atoms with Crippen LogP contribution < -0.4 is 15.4 Å². The van der Waals surface area contributed by atoms with Crippen LogP contribution in [0.2, 0.25) is 0 Å². The molecule has 1 aliphatic carbocycles. The van der Waals surface area contributed by atoms with Crippen molar-refractivity contribution in [1.82, 2.24) is 25.1 Å². The van der Waals surface area contributed by atoms with Gasteiger partial charge in [-0.2, -0.15) is 5.10 Å². The third-order valence-corrected chi connectivity index (χ3v) is 5.70. The van der Waals surface area contributed by atoms with Crippen LogP contribution in [0.4, 0.5) is 5.82 Å². The van der Waals surface area contributed by atoms with Gasteiger partial charge in [-0.05, 0) is 50.1 Å². The minimum atomic E-state index is -0.143. The van der Waals surface area contributed by atoms with E-state index in [0.29, 0.717) is 30.3 Å². The molecule has 8 heteroatoms. The lowest BCUT2D eigenvalue weighted by Gasteiger charge is -2.11. The van der Waals surface area contributed by atoms with E-state index >= 15 is 0 Å². The summed E-state index contributed by atoms with van der Waals surface area (Å²) in [6.07, 6.45) is 2.22. The first kappa shape index (κ1) is 20.9. The van der Waals surface area contributed by atoms with E-state index < -0.39 is 0 Å². The number of anilines is 1. The number of aromatic nitrogens is 4. The Bertz CT molecular complexity index is 1300. The van der Waals surface area contributed by atoms with Gasteiger partial charge in [-0.15, -0.1) is 0 Å². The van der Waals surface area contributed by atoms with Gasteiger partial charge >= 0.3 is 0 Å². The molecule has 0 saturated heterocycles. The van der Waals surface area contributed by atoms with Crippen LogP contribution in [-0.4, -0.2) is 45.9 Å². The van der Waals surface area contributed by atoms with Gasteiger partial charge in [0, 0.05) is 24.6 Å². The van der Waals surface area contributed by atoms with E-state index in [2.05, 4.69) is 10.6 Å². The van der Waals surface area contributed by atoms with Crippen LogP contribution >= 0.6 is 0 Å². The van der Waals surface area contributed by atoms with Crippen LogP contribution in [0, 0.1) is 6.92 Å². The quantitative estimate of drug-likeness (QED) is 0.403. The van der Waals surface area contributed by atoms with Crippen molar-refractivity contribution in [3.8, 4) is 11.4 Å². The molecule has 1 fully saturated rings. The van der Waals surface area contributed by atoms with Crippen LogP contribution in [0.5, 0.6) is 5.75 Å². The smallest absolute Gasteiger partial charge is 0.251 e. The Morgan fingerprint density at radius 3 is 2.67 bits per heavy atom. The summed E-state index contributed by atoms with van der Waals surface area (Å²) in [4.78, 5) is 22.2. The number of carbonyl (C=O) groups is 1. The second-order valence-corrected chi connectivity index (χ2v) is 8.15. The fourth-order valence-electron chi connectivity index (χ4n) is 3.82. The number of carbonyl (C=O) groups excluding carboxylic acids is 1.